The predicted molar refractivity (Wildman–Crippen MR) is 76.9 cm³/mol. The van der Waals surface area contributed by atoms with Crippen molar-refractivity contribution in [3.63, 3.8) is 0 Å². The Balaban J connectivity index is 1.55. The maximum atomic E-state index is 10.4. The van der Waals surface area contributed by atoms with Gasteiger partial charge in [-0.05, 0) is 37.9 Å². The van der Waals surface area contributed by atoms with Gasteiger partial charge in [-0.25, -0.2) is 0 Å². The Hall–Kier alpha value is -0.900. The van der Waals surface area contributed by atoms with Gasteiger partial charge >= 0.3 is 0 Å². The minimum Gasteiger partial charge on any atom is -0.390 e. The summed E-state index contributed by atoms with van der Waals surface area (Å²) in [6.45, 7) is 5.24. The van der Waals surface area contributed by atoms with Gasteiger partial charge in [0.15, 0.2) is 0 Å². The lowest BCUT2D eigenvalue weighted by molar-refractivity contribution is -0.00739. The summed E-state index contributed by atoms with van der Waals surface area (Å²) in [5.74, 6) is 0. The molecule has 0 spiro atoms. The van der Waals surface area contributed by atoms with E-state index in [1.165, 1.54) is 31.5 Å². The van der Waals surface area contributed by atoms with E-state index in [0.717, 1.165) is 26.1 Å². The zero-order chi connectivity index (χ0) is 13.1. The maximum absolute atomic E-state index is 10.4. The van der Waals surface area contributed by atoms with Gasteiger partial charge < -0.3 is 5.11 Å². The summed E-state index contributed by atoms with van der Waals surface area (Å²) in [6, 6.07) is 11.0. The molecule has 1 N–H and O–H groups in total. The van der Waals surface area contributed by atoms with Gasteiger partial charge in [0, 0.05) is 25.7 Å². The predicted octanol–water partition coefficient (Wildman–Crippen LogP) is 1.72. The van der Waals surface area contributed by atoms with Gasteiger partial charge in [0.05, 0.1) is 6.10 Å². The number of hydrogen-bond donors (Lipinski definition) is 1. The first-order valence-corrected chi connectivity index (χ1v) is 7.51. The molecule has 1 aromatic rings. The lowest BCUT2D eigenvalue weighted by Crippen LogP contribution is -2.53. The first kappa shape index (κ1) is 13.1. The summed E-state index contributed by atoms with van der Waals surface area (Å²) in [4.78, 5) is 4.87. The molecule has 0 radical (unpaired) electrons. The molecular formula is C16H24N2O. The summed E-state index contributed by atoms with van der Waals surface area (Å²) < 4.78 is 0. The number of benzene rings is 1. The van der Waals surface area contributed by atoms with Gasteiger partial charge in [-0.3, -0.25) is 9.80 Å². The molecule has 3 rings (SSSR count). The van der Waals surface area contributed by atoms with E-state index >= 15 is 0 Å². The topological polar surface area (TPSA) is 26.7 Å². The number of β-amino-alcohol motifs (C(OH)–C–C–N with tert-alkyl or cyclic N) is 1. The molecule has 104 valence electrons. The van der Waals surface area contributed by atoms with Gasteiger partial charge in [-0.15, -0.1) is 0 Å². The average molecular weight is 260 g/mol. The molecule has 3 heteroatoms. The molecule has 2 atom stereocenters. The van der Waals surface area contributed by atoms with Crippen LogP contribution in [0.15, 0.2) is 30.3 Å². The molecule has 0 aromatic heterocycles. The van der Waals surface area contributed by atoms with Gasteiger partial charge in [-0.2, -0.15) is 0 Å². The Morgan fingerprint density at radius 1 is 1.05 bits per heavy atom. The third kappa shape index (κ3) is 3.16. The second-order valence-electron chi connectivity index (χ2n) is 5.89. The zero-order valence-corrected chi connectivity index (χ0v) is 11.5. The van der Waals surface area contributed by atoms with E-state index < -0.39 is 0 Å². The van der Waals surface area contributed by atoms with Crippen LogP contribution in [0, 0.1) is 0 Å². The van der Waals surface area contributed by atoms with E-state index in [1.54, 1.807) is 0 Å². The molecule has 2 aliphatic rings. The van der Waals surface area contributed by atoms with Gasteiger partial charge in [0.2, 0.25) is 0 Å². The number of hydrogen-bond acceptors (Lipinski definition) is 3. The third-order valence-electron chi connectivity index (χ3n) is 4.49. The largest absolute Gasteiger partial charge is 0.390 e. The number of likely N-dealkylation sites (tertiary alicyclic amines) is 2. The van der Waals surface area contributed by atoms with Crippen molar-refractivity contribution in [2.45, 2.75) is 38.0 Å². The normalized spacial score (nSPS) is 29.7. The number of rotatable bonds is 3. The molecule has 1 aromatic carbocycles. The Bertz CT molecular complexity index is 389. The quantitative estimate of drug-likeness (QED) is 0.896. The molecule has 0 saturated carbocycles. The second-order valence-corrected chi connectivity index (χ2v) is 5.89. The van der Waals surface area contributed by atoms with Crippen LogP contribution in [0.4, 0.5) is 0 Å². The van der Waals surface area contributed by atoms with Crippen molar-refractivity contribution in [2.75, 3.05) is 26.2 Å². The fraction of sp³-hybridized carbons (Fsp3) is 0.625. The minimum atomic E-state index is -0.185. The van der Waals surface area contributed by atoms with Crippen LogP contribution in [-0.2, 0) is 6.54 Å². The number of aliphatic hydroxyl groups is 1. The van der Waals surface area contributed by atoms with Crippen molar-refractivity contribution >= 4 is 0 Å². The molecule has 0 unspecified atom stereocenters. The number of aliphatic hydroxyl groups excluding tert-OH is 1. The Morgan fingerprint density at radius 3 is 2.47 bits per heavy atom. The lowest BCUT2D eigenvalue weighted by Gasteiger charge is -2.40. The van der Waals surface area contributed by atoms with Crippen LogP contribution in [0.5, 0.6) is 0 Å². The first-order valence-electron chi connectivity index (χ1n) is 7.51. The van der Waals surface area contributed by atoms with Crippen LogP contribution in [0.3, 0.4) is 0 Å². The molecule has 0 aliphatic carbocycles. The Labute approximate surface area is 115 Å². The summed E-state index contributed by atoms with van der Waals surface area (Å²) in [6.07, 6.45) is 3.53. The monoisotopic (exact) mass is 260 g/mol. The first-order chi connectivity index (χ1) is 9.33. The van der Waals surface area contributed by atoms with Crippen molar-refractivity contribution in [3.8, 4) is 0 Å². The standard InChI is InChI=1S/C16H24N2O/c19-16-13-17(12-14-6-2-1-3-7-14)11-8-15(16)18-9-4-5-10-18/h1-3,6-7,15-16,19H,4-5,8-13H2/t15-,16-/m1/s1. The van der Waals surface area contributed by atoms with Crippen LogP contribution < -0.4 is 0 Å². The van der Waals surface area contributed by atoms with Crippen molar-refractivity contribution in [1.29, 1.82) is 0 Å². The number of nitrogens with zero attached hydrogens (tertiary/aromatic N) is 2. The van der Waals surface area contributed by atoms with Gasteiger partial charge in [0.25, 0.3) is 0 Å². The molecule has 0 bridgehead atoms. The average Bonchev–Trinajstić information content (AvgIpc) is 2.94. The van der Waals surface area contributed by atoms with E-state index in [1.807, 2.05) is 0 Å². The van der Waals surface area contributed by atoms with E-state index in [9.17, 15) is 5.11 Å². The number of piperidine rings is 1. The van der Waals surface area contributed by atoms with Crippen molar-refractivity contribution in [1.82, 2.24) is 9.80 Å². The highest BCUT2D eigenvalue weighted by Gasteiger charge is 2.32. The molecule has 3 nitrogen and oxygen atoms in total. The van der Waals surface area contributed by atoms with Crippen LogP contribution >= 0.6 is 0 Å². The van der Waals surface area contributed by atoms with Gasteiger partial charge in [-0.1, -0.05) is 30.3 Å². The molecule has 2 saturated heterocycles. The van der Waals surface area contributed by atoms with Crippen LogP contribution in [-0.4, -0.2) is 53.2 Å². The summed E-state index contributed by atoms with van der Waals surface area (Å²) in [5, 5.41) is 10.4. The van der Waals surface area contributed by atoms with E-state index in [-0.39, 0.29) is 6.10 Å². The highest BCUT2D eigenvalue weighted by atomic mass is 16.3. The zero-order valence-electron chi connectivity index (χ0n) is 11.5. The van der Waals surface area contributed by atoms with Crippen molar-refractivity contribution < 1.29 is 5.11 Å². The van der Waals surface area contributed by atoms with Crippen LogP contribution in [0.25, 0.3) is 0 Å². The summed E-state index contributed by atoms with van der Waals surface area (Å²) in [5.41, 5.74) is 1.34. The van der Waals surface area contributed by atoms with Crippen LogP contribution in [0.1, 0.15) is 24.8 Å². The maximum Gasteiger partial charge on any atom is 0.0822 e. The van der Waals surface area contributed by atoms with Gasteiger partial charge in [0.1, 0.15) is 0 Å². The van der Waals surface area contributed by atoms with E-state index in [2.05, 4.69) is 40.1 Å². The molecule has 0 amide bonds. The van der Waals surface area contributed by atoms with E-state index in [0.29, 0.717) is 6.04 Å². The molecule has 19 heavy (non-hydrogen) atoms. The van der Waals surface area contributed by atoms with Crippen LogP contribution in [0.2, 0.25) is 0 Å². The highest BCUT2D eigenvalue weighted by molar-refractivity contribution is 5.14. The molecule has 2 fully saturated rings. The van der Waals surface area contributed by atoms with Crippen molar-refractivity contribution in [2.24, 2.45) is 0 Å². The lowest BCUT2D eigenvalue weighted by atomic mass is 10.00. The summed E-state index contributed by atoms with van der Waals surface area (Å²) >= 11 is 0. The second kappa shape index (κ2) is 6.04. The fourth-order valence-electron chi connectivity index (χ4n) is 3.47. The Morgan fingerprint density at radius 2 is 1.79 bits per heavy atom. The third-order valence-corrected chi connectivity index (χ3v) is 4.49. The molecular weight excluding hydrogens is 236 g/mol. The molecule has 2 aliphatic heterocycles. The van der Waals surface area contributed by atoms with Crippen molar-refractivity contribution in [3.05, 3.63) is 35.9 Å². The summed E-state index contributed by atoms with van der Waals surface area (Å²) in [7, 11) is 0. The molecule has 2 heterocycles. The highest BCUT2D eigenvalue weighted by Crippen LogP contribution is 2.22. The smallest absolute Gasteiger partial charge is 0.0822 e. The fourth-order valence-corrected chi connectivity index (χ4v) is 3.47. The SMILES string of the molecule is O[C@@H]1CN(Cc2ccccc2)CC[C@H]1N1CCCC1. The minimum absolute atomic E-state index is 0.185. The van der Waals surface area contributed by atoms with E-state index in [4.69, 9.17) is 0 Å². The Kier molecular flexibility index (Phi) is 4.16.